The number of rotatable bonds is 6. The number of hydrogen-bond donors (Lipinski definition) is 1. The van der Waals surface area contributed by atoms with Gasteiger partial charge in [-0.1, -0.05) is 13.8 Å². The number of aryl methyl sites for hydroxylation is 1. The van der Waals surface area contributed by atoms with E-state index in [1.165, 1.54) is 0 Å². The maximum absolute atomic E-state index is 11.2. The Morgan fingerprint density at radius 2 is 2.16 bits per heavy atom. The van der Waals surface area contributed by atoms with E-state index in [4.69, 9.17) is 5.73 Å². The predicted molar refractivity (Wildman–Crippen MR) is 76.4 cm³/mol. The number of nitrogens with zero attached hydrogens (tertiary/aromatic N) is 3. The minimum atomic E-state index is -0.365. The summed E-state index contributed by atoms with van der Waals surface area (Å²) < 4.78 is 0. The molecule has 0 amide bonds. The molecule has 1 aromatic heterocycles. The highest BCUT2D eigenvalue weighted by molar-refractivity contribution is 5.61. The predicted octanol–water partition coefficient (Wildman–Crippen LogP) is 2.11. The number of nitro groups is 1. The first-order chi connectivity index (χ1) is 8.82. The Labute approximate surface area is 113 Å². The van der Waals surface area contributed by atoms with Gasteiger partial charge in [-0.3, -0.25) is 10.1 Å². The smallest absolute Gasteiger partial charge is 0.314 e. The van der Waals surface area contributed by atoms with E-state index in [-0.39, 0.29) is 16.0 Å². The lowest BCUT2D eigenvalue weighted by atomic mass is 9.93. The molecule has 0 spiro atoms. The third kappa shape index (κ3) is 3.64. The Morgan fingerprint density at radius 1 is 1.53 bits per heavy atom. The van der Waals surface area contributed by atoms with Crippen LogP contribution in [0.1, 0.15) is 26.3 Å². The highest BCUT2D eigenvalue weighted by Crippen LogP contribution is 2.30. The van der Waals surface area contributed by atoms with Crippen molar-refractivity contribution in [1.82, 2.24) is 4.98 Å². The zero-order chi connectivity index (χ0) is 14.6. The molecular weight excluding hydrogens is 244 g/mol. The van der Waals surface area contributed by atoms with Gasteiger partial charge in [0.05, 0.1) is 4.92 Å². The summed E-state index contributed by atoms with van der Waals surface area (Å²) in [6, 6.07) is 1.66. The van der Waals surface area contributed by atoms with Crippen molar-refractivity contribution in [2.24, 2.45) is 11.1 Å². The van der Waals surface area contributed by atoms with Gasteiger partial charge < -0.3 is 10.6 Å². The highest BCUT2D eigenvalue weighted by atomic mass is 16.6. The van der Waals surface area contributed by atoms with Crippen LogP contribution in [-0.4, -0.2) is 29.5 Å². The lowest BCUT2D eigenvalue weighted by Gasteiger charge is -2.31. The van der Waals surface area contributed by atoms with Crippen LogP contribution in [-0.2, 0) is 0 Å². The summed E-state index contributed by atoms with van der Waals surface area (Å²) in [6.45, 7) is 9.57. The third-order valence-electron chi connectivity index (χ3n) is 3.14. The van der Waals surface area contributed by atoms with E-state index in [1.807, 2.05) is 25.7 Å². The van der Waals surface area contributed by atoms with Gasteiger partial charge in [0.25, 0.3) is 0 Å². The minimum absolute atomic E-state index is 0.0807. The topological polar surface area (TPSA) is 85.3 Å². The largest absolute Gasteiger partial charge is 0.351 e. The lowest BCUT2D eigenvalue weighted by molar-refractivity contribution is -0.384. The van der Waals surface area contributed by atoms with Gasteiger partial charge in [-0.15, -0.1) is 0 Å². The van der Waals surface area contributed by atoms with Crippen molar-refractivity contribution in [2.45, 2.75) is 27.7 Å². The number of hydrogen-bond acceptors (Lipinski definition) is 5. The summed E-state index contributed by atoms with van der Waals surface area (Å²) in [5.74, 6) is 0.425. The zero-order valence-corrected chi connectivity index (χ0v) is 12.0. The lowest BCUT2D eigenvalue weighted by Crippen LogP contribution is -2.39. The van der Waals surface area contributed by atoms with E-state index in [9.17, 15) is 10.1 Å². The molecule has 1 rings (SSSR count). The fraction of sp³-hybridized carbons (Fsp3) is 0.615. The van der Waals surface area contributed by atoms with Gasteiger partial charge in [-0.2, -0.15) is 0 Å². The Morgan fingerprint density at radius 3 is 2.63 bits per heavy atom. The SMILES string of the molecule is CCN(CC(C)(C)CN)c1nccc(C)c1[N+](=O)[O-]. The molecule has 6 heteroatoms. The molecule has 0 aliphatic rings. The number of aromatic nitrogens is 1. The van der Waals surface area contributed by atoms with Crippen molar-refractivity contribution in [3.63, 3.8) is 0 Å². The van der Waals surface area contributed by atoms with E-state index in [2.05, 4.69) is 4.98 Å². The van der Waals surface area contributed by atoms with Crippen LogP contribution in [0.15, 0.2) is 12.3 Å². The fourth-order valence-electron chi connectivity index (χ4n) is 1.91. The molecule has 1 aromatic rings. The molecule has 0 atom stereocenters. The van der Waals surface area contributed by atoms with Crippen LogP contribution in [0.3, 0.4) is 0 Å². The van der Waals surface area contributed by atoms with Crippen LogP contribution in [0, 0.1) is 22.5 Å². The van der Waals surface area contributed by atoms with Crippen LogP contribution in [0.25, 0.3) is 0 Å². The minimum Gasteiger partial charge on any atom is -0.351 e. The first-order valence-electron chi connectivity index (χ1n) is 6.37. The summed E-state index contributed by atoms with van der Waals surface area (Å²) in [6.07, 6.45) is 1.61. The molecule has 6 nitrogen and oxygen atoms in total. The first-order valence-corrected chi connectivity index (χ1v) is 6.37. The van der Waals surface area contributed by atoms with Gasteiger partial charge in [0.15, 0.2) is 0 Å². The van der Waals surface area contributed by atoms with Crippen molar-refractivity contribution in [3.8, 4) is 0 Å². The summed E-state index contributed by atoms with van der Waals surface area (Å²) in [5, 5.41) is 11.2. The van der Waals surface area contributed by atoms with Crippen molar-refractivity contribution in [1.29, 1.82) is 0 Å². The summed E-state index contributed by atoms with van der Waals surface area (Å²) in [4.78, 5) is 17.0. The average Bonchev–Trinajstić information content (AvgIpc) is 2.35. The maximum Gasteiger partial charge on any atom is 0.314 e. The molecule has 19 heavy (non-hydrogen) atoms. The first kappa shape index (κ1) is 15.4. The van der Waals surface area contributed by atoms with Crippen LogP contribution >= 0.6 is 0 Å². The molecule has 0 bridgehead atoms. The molecule has 0 radical (unpaired) electrons. The molecule has 1 heterocycles. The average molecular weight is 266 g/mol. The maximum atomic E-state index is 11.2. The van der Waals surface area contributed by atoms with Crippen LogP contribution in [0.4, 0.5) is 11.5 Å². The van der Waals surface area contributed by atoms with E-state index < -0.39 is 0 Å². The van der Waals surface area contributed by atoms with Crippen molar-refractivity contribution in [2.75, 3.05) is 24.5 Å². The zero-order valence-electron chi connectivity index (χ0n) is 12.0. The van der Waals surface area contributed by atoms with E-state index in [0.717, 1.165) is 0 Å². The summed E-state index contributed by atoms with van der Waals surface area (Å²) >= 11 is 0. The molecule has 0 aliphatic heterocycles. The second-order valence-corrected chi connectivity index (χ2v) is 5.44. The summed E-state index contributed by atoms with van der Waals surface area (Å²) in [5.41, 5.74) is 6.32. The molecule has 0 saturated carbocycles. The Hall–Kier alpha value is -1.69. The van der Waals surface area contributed by atoms with Gasteiger partial charge in [0, 0.05) is 24.8 Å². The molecule has 106 valence electrons. The van der Waals surface area contributed by atoms with Gasteiger partial charge in [-0.25, -0.2) is 4.98 Å². The molecule has 0 saturated heterocycles. The molecule has 0 fully saturated rings. The molecular formula is C13H22N4O2. The normalized spacial score (nSPS) is 11.4. The van der Waals surface area contributed by atoms with Crippen molar-refractivity contribution < 1.29 is 4.92 Å². The van der Waals surface area contributed by atoms with Gasteiger partial charge >= 0.3 is 5.69 Å². The van der Waals surface area contributed by atoms with E-state index in [0.29, 0.717) is 31.0 Å². The number of anilines is 1. The van der Waals surface area contributed by atoms with Crippen molar-refractivity contribution in [3.05, 3.63) is 27.9 Å². The quantitative estimate of drug-likeness (QED) is 0.629. The molecule has 0 aliphatic carbocycles. The van der Waals surface area contributed by atoms with Crippen molar-refractivity contribution >= 4 is 11.5 Å². The van der Waals surface area contributed by atoms with Gasteiger partial charge in [0.2, 0.25) is 5.82 Å². The molecule has 0 unspecified atom stereocenters. The van der Waals surface area contributed by atoms with Gasteiger partial charge in [-0.05, 0) is 31.9 Å². The monoisotopic (exact) mass is 266 g/mol. The molecule has 0 aromatic carbocycles. The second kappa shape index (κ2) is 5.97. The van der Waals surface area contributed by atoms with Crippen LogP contribution < -0.4 is 10.6 Å². The van der Waals surface area contributed by atoms with Crippen LogP contribution in [0.5, 0.6) is 0 Å². The Bertz CT molecular complexity index is 460. The van der Waals surface area contributed by atoms with Crippen LogP contribution in [0.2, 0.25) is 0 Å². The van der Waals surface area contributed by atoms with E-state index >= 15 is 0 Å². The highest BCUT2D eigenvalue weighted by Gasteiger charge is 2.27. The second-order valence-electron chi connectivity index (χ2n) is 5.44. The molecule has 2 N–H and O–H groups in total. The summed E-state index contributed by atoms with van der Waals surface area (Å²) in [7, 11) is 0. The third-order valence-corrected chi connectivity index (χ3v) is 3.14. The Balaban J connectivity index is 3.19. The fourth-order valence-corrected chi connectivity index (χ4v) is 1.91. The van der Waals surface area contributed by atoms with Gasteiger partial charge in [0.1, 0.15) is 0 Å². The Kier molecular flexibility index (Phi) is 4.83. The standard InChI is InChI=1S/C13H22N4O2/c1-5-16(9-13(3,4)8-14)12-11(17(18)19)10(2)6-7-15-12/h6-7H,5,8-9,14H2,1-4H3. The number of nitrogens with two attached hydrogens (primary N) is 1. The van der Waals surface area contributed by atoms with E-state index in [1.54, 1.807) is 19.2 Å². The number of pyridine rings is 1.